The van der Waals surface area contributed by atoms with E-state index in [9.17, 15) is 9.18 Å². The van der Waals surface area contributed by atoms with Gasteiger partial charge in [0.1, 0.15) is 5.82 Å². The van der Waals surface area contributed by atoms with Crippen molar-refractivity contribution >= 4 is 17.5 Å². The quantitative estimate of drug-likeness (QED) is 0.767. The van der Waals surface area contributed by atoms with Crippen LogP contribution in [0.3, 0.4) is 0 Å². The van der Waals surface area contributed by atoms with Gasteiger partial charge in [-0.1, -0.05) is 6.42 Å². The predicted octanol–water partition coefficient (Wildman–Crippen LogP) is 3.47. The Morgan fingerprint density at radius 1 is 1.28 bits per heavy atom. The maximum Gasteiger partial charge on any atom is 0.167 e. The summed E-state index contributed by atoms with van der Waals surface area (Å²) in [6, 6.07) is 1.31. The highest BCUT2D eigenvalue weighted by molar-refractivity contribution is 8.00. The molecule has 2 unspecified atom stereocenters. The van der Waals surface area contributed by atoms with E-state index in [0.717, 1.165) is 19.0 Å². The van der Waals surface area contributed by atoms with Crippen LogP contribution in [0.5, 0.6) is 0 Å². The minimum atomic E-state index is -0.425. The molecule has 1 aromatic rings. The third-order valence-corrected chi connectivity index (χ3v) is 5.52. The number of carbonyl (C=O) groups excluding carboxylic acids is 1. The normalized spacial score (nSPS) is 31.1. The first-order valence-electron chi connectivity index (χ1n) is 6.52. The van der Waals surface area contributed by atoms with Gasteiger partial charge in [0.25, 0.3) is 0 Å². The fraction of sp³-hybridized carbons (Fsp3) is 0.571. The number of ketones is 1. The highest BCUT2D eigenvalue weighted by Crippen LogP contribution is 2.44. The summed E-state index contributed by atoms with van der Waals surface area (Å²) in [4.78, 5) is 16.1. The number of pyridine rings is 1. The summed E-state index contributed by atoms with van der Waals surface area (Å²) in [6.07, 6.45) is 8.29. The maximum atomic E-state index is 13.1. The van der Waals surface area contributed by atoms with Gasteiger partial charge in [-0.05, 0) is 31.7 Å². The molecule has 0 amide bonds. The molecule has 2 fully saturated rings. The van der Waals surface area contributed by atoms with E-state index in [0.29, 0.717) is 16.1 Å². The Bertz CT molecular complexity index is 453. The van der Waals surface area contributed by atoms with E-state index in [4.69, 9.17) is 0 Å². The minimum Gasteiger partial charge on any atom is -0.294 e. The topological polar surface area (TPSA) is 30.0 Å². The summed E-state index contributed by atoms with van der Waals surface area (Å²) in [7, 11) is 0. The Labute approximate surface area is 110 Å². The number of halogens is 1. The molecule has 3 heterocycles. The Morgan fingerprint density at radius 3 is 2.67 bits per heavy atom. The average molecular weight is 265 g/mol. The van der Waals surface area contributed by atoms with Crippen molar-refractivity contribution in [3.63, 3.8) is 0 Å². The lowest BCUT2D eigenvalue weighted by Gasteiger charge is -2.37. The van der Waals surface area contributed by atoms with Crippen molar-refractivity contribution in [3.05, 3.63) is 29.8 Å². The second-order valence-corrected chi connectivity index (χ2v) is 6.84. The average Bonchev–Trinajstić information content (AvgIpc) is 2.37. The Balaban J connectivity index is 1.76. The van der Waals surface area contributed by atoms with Crippen molar-refractivity contribution < 1.29 is 9.18 Å². The van der Waals surface area contributed by atoms with Crippen LogP contribution >= 0.6 is 11.8 Å². The first kappa shape index (κ1) is 12.2. The number of Topliss-reactive ketones (excluding diaryl/α,β-unsaturated/α-hetero) is 1. The van der Waals surface area contributed by atoms with Gasteiger partial charge >= 0.3 is 0 Å². The van der Waals surface area contributed by atoms with Crippen molar-refractivity contribution in [2.45, 2.75) is 42.6 Å². The van der Waals surface area contributed by atoms with Gasteiger partial charge < -0.3 is 0 Å². The molecule has 0 N–H and O–H groups in total. The third kappa shape index (κ3) is 2.44. The molecule has 1 aromatic heterocycles. The molecule has 2 bridgehead atoms. The van der Waals surface area contributed by atoms with Crippen molar-refractivity contribution in [1.82, 2.24) is 4.98 Å². The maximum absolute atomic E-state index is 13.1. The summed E-state index contributed by atoms with van der Waals surface area (Å²) < 4.78 is 13.1. The van der Waals surface area contributed by atoms with Gasteiger partial charge in [-0.3, -0.25) is 9.78 Å². The van der Waals surface area contributed by atoms with Crippen molar-refractivity contribution in [2.75, 3.05) is 0 Å². The zero-order valence-corrected chi connectivity index (χ0v) is 11.0. The third-order valence-electron chi connectivity index (χ3n) is 3.89. The van der Waals surface area contributed by atoms with E-state index < -0.39 is 5.82 Å². The summed E-state index contributed by atoms with van der Waals surface area (Å²) in [5.74, 6) is -0.268. The van der Waals surface area contributed by atoms with Crippen LogP contribution in [0.15, 0.2) is 18.5 Å². The van der Waals surface area contributed by atoms with E-state index in [1.807, 2.05) is 0 Å². The van der Waals surface area contributed by atoms with Gasteiger partial charge in [0.05, 0.1) is 6.20 Å². The number of hydrogen-bond acceptors (Lipinski definition) is 3. The van der Waals surface area contributed by atoms with Gasteiger partial charge in [-0.25, -0.2) is 4.39 Å². The van der Waals surface area contributed by atoms with Crippen LogP contribution in [0.25, 0.3) is 0 Å². The van der Waals surface area contributed by atoms with Crippen molar-refractivity contribution in [2.24, 2.45) is 5.92 Å². The molecule has 2 atom stereocenters. The van der Waals surface area contributed by atoms with E-state index in [1.54, 1.807) is 0 Å². The van der Waals surface area contributed by atoms with Crippen LogP contribution in [-0.4, -0.2) is 21.3 Å². The second kappa shape index (κ2) is 5.00. The molecule has 96 valence electrons. The van der Waals surface area contributed by atoms with Crippen LogP contribution in [0.1, 0.15) is 42.5 Å². The Morgan fingerprint density at radius 2 is 2.00 bits per heavy atom. The molecule has 18 heavy (non-hydrogen) atoms. The molecule has 0 radical (unpaired) electrons. The summed E-state index contributed by atoms with van der Waals surface area (Å²) in [5, 5.41) is 1.26. The van der Waals surface area contributed by atoms with Crippen LogP contribution in [0.2, 0.25) is 0 Å². The van der Waals surface area contributed by atoms with Crippen LogP contribution in [0, 0.1) is 11.7 Å². The molecular weight excluding hydrogens is 249 g/mol. The van der Waals surface area contributed by atoms with Gasteiger partial charge in [0, 0.05) is 28.2 Å². The second-order valence-electron chi connectivity index (χ2n) is 5.24. The molecule has 0 aromatic carbocycles. The fourth-order valence-electron chi connectivity index (χ4n) is 3.06. The number of fused-ring (bicyclic) bond motifs is 2. The van der Waals surface area contributed by atoms with E-state index in [-0.39, 0.29) is 11.7 Å². The molecule has 2 nitrogen and oxygen atoms in total. The first-order chi connectivity index (χ1) is 8.72. The smallest absolute Gasteiger partial charge is 0.167 e. The molecule has 0 aliphatic carbocycles. The molecule has 2 saturated heterocycles. The zero-order valence-electron chi connectivity index (χ0n) is 10.1. The lowest BCUT2D eigenvalue weighted by atomic mass is 9.85. The number of aromatic nitrogens is 1. The monoisotopic (exact) mass is 265 g/mol. The molecule has 3 rings (SSSR count). The van der Waals surface area contributed by atoms with Crippen LogP contribution in [0.4, 0.5) is 4.39 Å². The number of thioether (sulfide) groups is 1. The summed E-state index contributed by atoms with van der Waals surface area (Å²) >= 11 is 2.05. The largest absolute Gasteiger partial charge is 0.294 e. The number of nitrogens with zero attached hydrogens (tertiary/aromatic N) is 1. The Kier molecular flexibility index (Phi) is 3.37. The summed E-state index contributed by atoms with van der Waals surface area (Å²) in [6.45, 7) is 0. The minimum absolute atomic E-state index is 0.0742. The molecule has 2 aliphatic heterocycles. The molecule has 4 heteroatoms. The Hall–Kier alpha value is -0.900. The number of rotatable bonds is 2. The van der Waals surface area contributed by atoms with Crippen molar-refractivity contribution in [1.29, 1.82) is 0 Å². The lowest BCUT2D eigenvalue weighted by molar-refractivity contribution is 0.0896. The molecule has 0 spiro atoms. The standard InChI is InChI=1S/C14H16FNOS/c15-11-4-10(7-16-8-11)14(17)9-5-12-2-1-3-13(6-9)18-12/h4,7-9,12-13H,1-3,5-6H2. The van der Waals surface area contributed by atoms with Gasteiger partial charge in [0.2, 0.25) is 0 Å². The predicted molar refractivity (Wildman–Crippen MR) is 70.3 cm³/mol. The first-order valence-corrected chi connectivity index (χ1v) is 7.47. The highest BCUT2D eigenvalue weighted by atomic mass is 32.2. The highest BCUT2D eigenvalue weighted by Gasteiger charge is 2.35. The van der Waals surface area contributed by atoms with E-state index in [1.165, 1.54) is 31.5 Å². The molecule has 2 aliphatic rings. The summed E-state index contributed by atoms with van der Waals surface area (Å²) in [5.41, 5.74) is 0.435. The SMILES string of the molecule is O=C(c1cncc(F)c1)C1CC2CCCC(C1)S2. The van der Waals surface area contributed by atoms with Gasteiger partial charge in [-0.15, -0.1) is 0 Å². The van der Waals surface area contributed by atoms with E-state index in [2.05, 4.69) is 16.7 Å². The number of hydrogen-bond donors (Lipinski definition) is 0. The van der Waals surface area contributed by atoms with Crippen LogP contribution in [-0.2, 0) is 0 Å². The zero-order chi connectivity index (χ0) is 12.5. The van der Waals surface area contributed by atoms with Gasteiger partial charge in [-0.2, -0.15) is 11.8 Å². The van der Waals surface area contributed by atoms with Crippen LogP contribution < -0.4 is 0 Å². The van der Waals surface area contributed by atoms with E-state index >= 15 is 0 Å². The molecular formula is C14H16FNOS. The molecule has 0 saturated carbocycles. The lowest BCUT2D eigenvalue weighted by Crippen LogP contribution is -2.33. The van der Waals surface area contributed by atoms with Crippen molar-refractivity contribution in [3.8, 4) is 0 Å². The van der Waals surface area contributed by atoms with Gasteiger partial charge in [0.15, 0.2) is 5.78 Å². The number of carbonyl (C=O) groups is 1. The fourth-order valence-corrected chi connectivity index (χ4v) is 4.89.